The summed E-state index contributed by atoms with van der Waals surface area (Å²) in [5.74, 6) is 1.41. The third-order valence-corrected chi connectivity index (χ3v) is 3.97. The number of nitrogens with zero attached hydrogens (tertiary/aromatic N) is 1. The Hall–Kier alpha value is -2.76. The monoisotopic (exact) mass is 330 g/mol. The summed E-state index contributed by atoms with van der Waals surface area (Å²) >= 11 is 0. The zero-order valence-electron chi connectivity index (χ0n) is 12.5. The minimum Gasteiger partial charge on any atom is -0.453 e. The summed E-state index contributed by atoms with van der Waals surface area (Å²) in [4.78, 5) is 4.32. The highest BCUT2D eigenvalue weighted by Gasteiger charge is 2.29. The third kappa shape index (κ3) is 2.64. The van der Waals surface area contributed by atoms with E-state index in [1.165, 1.54) is 12.1 Å². The van der Waals surface area contributed by atoms with Gasteiger partial charge in [-0.15, -0.1) is 0 Å². The third-order valence-electron chi connectivity index (χ3n) is 3.97. The largest absolute Gasteiger partial charge is 0.453 e. The zero-order chi connectivity index (χ0) is 16.7. The predicted molar refractivity (Wildman–Crippen MR) is 86.1 cm³/mol. The summed E-state index contributed by atoms with van der Waals surface area (Å²) in [6.45, 7) is 1.52. The fourth-order valence-electron chi connectivity index (χ4n) is 2.75. The van der Waals surface area contributed by atoms with E-state index in [-0.39, 0.29) is 0 Å². The lowest BCUT2D eigenvalue weighted by Gasteiger charge is -2.07. The second-order valence-corrected chi connectivity index (χ2v) is 5.60. The SMILES string of the molecule is FC(F)(F)c1ccc(-c2ccc3oc(C4=NCCN4)cc3c2)cc1. The molecule has 1 aliphatic rings. The summed E-state index contributed by atoms with van der Waals surface area (Å²) < 4.78 is 43.7. The number of aliphatic imine (C=N–C) groups is 1. The van der Waals surface area contributed by atoms with Gasteiger partial charge in [0.2, 0.25) is 0 Å². The van der Waals surface area contributed by atoms with Crippen molar-refractivity contribution in [1.29, 1.82) is 0 Å². The molecule has 1 N–H and O–H groups in total. The smallest absolute Gasteiger partial charge is 0.416 e. The molecule has 2 aromatic carbocycles. The minimum absolute atomic E-state index is 0.650. The van der Waals surface area contributed by atoms with Gasteiger partial charge in [0.15, 0.2) is 11.6 Å². The fraction of sp³-hybridized carbons (Fsp3) is 0.167. The Labute approximate surface area is 135 Å². The fourth-order valence-corrected chi connectivity index (χ4v) is 2.75. The topological polar surface area (TPSA) is 37.5 Å². The minimum atomic E-state index is -4.32. The molecule has 24 heavy (non-hydrogen) atoms. The van der Waals surface area contributed by atoms with E-state index in [9.17, 15) is 13.2 Å². The van der Waals surface area contributed by atoms with Gasteiger partial charge in [0, 0.05) is 11.9 Å². The van der Waals surface area contributed by atoms with Gasteiger partial charge >= 0.3 is 6.18 Å². The number of fused-ring (bicyclic) bond motifs is 1. The van der Waals surface area contributed by atoms with Crippen LogP contribution < -0.4 is 5.32 Å². The molecule has 0 atom stereocenters. The first kappa shape index (κ1) is 14.8. The first-order chi connectivity index (χ1) is 11.5. The lowest BCUT2D eigenvalue weighted by Crippen LogP contribution is -2.18. The Morgan fingerprint density at radius 3 is 2.38 bits per heavy atom. The van der Waals surface area contributed by atoms with E-state index in [0.29, 0.717) is 5.76 Å². The van der Waals surface area contributed by atoms with Crippen molar-refractivity contribution in [3.05, 3.63) is 59.9 Å². The molecule has 0 spiro atoms. The average Bonchev–Trinajstić information content (AvgIpc) is 3.22. The summed E-state index contributed by atoms with van der Waals surface area (Å²) in [6.07, 6.45) is -4.32. The zero-order valence-corrected chi connectivity index (χ0v) is 12.5. The normalized spacial score (nSPS) is 14.7. The maximum Gasteiger partial charge on any atom is 0.416 e. The van der Waals surface area contributed by atoms with Gasteiger partial charge in [0.25, 0.3) is 0 Å². The molecular formula is C18H13F3N2O. The molecule has 0 radical (unpaired) electrons. The van der Waals surface area contributed by atoms with E-state index in [2.05, 4.69) is 10.3 Å². The summed E-state index contributed by atoms with van der Waals surface area (Å²) in [5, 5.41) is 4.04. The number of halogens is 3. The van der Waals surface area contributed by atoms with Crippen molar-refractivity contribution in [2.24, 2.45) is 4.99 Å². The van der Waals surface area contributed by atoms with Crippen molar-refractivity contribution < 1.29 is 17.6 Å². The van der Waals surface area contributed by atoms with Gasteiger partial charge in [-0.05, 0) is 41.5 Å². The van der Waals surface area contributed by atoms with E-state index >= 15 is 0 Å². The Morgan fingerprint density at radius 1 is 0.958 bits per heavy atom. The van der Waals surface area contributed by atoms with Crippen LogP contribution in [0.1, 0.15) is 11.3 Å². The molecule has 0 aliphatic carbocycles. The van der Waals surface area contributed by atoms with Crippen molar-refractivity contribution in [2.45, 2.75) is 6.18 Å². The van der Waals surface area contributed by atoms with Gasteiger partial charge < -0.3 is 9.73 Å². The Bertz CT molecular complexity index is 924. The molecule has 0 amide bonds. The molecule has 2 heterocycles. The second kappa shape index (κ2) is 5.40. The van der Waals surface area contributed by atoms with Gasteiger partial charge in [0.05, 0.1) is 12.1 Å². The van der Waals surface area contributed by atoms with Crippen LogP contribution in [-0.4, -0.2) is 18.9 Å². The molecule has 0 saturated carbocycles. The summed E-state index contributed by atoms with van der Waals surface area (Å²) in [5.41, 5.74) is 1.63. The Morgan fingerprint density at radius 2 is 1.71 bits per heavy atom. The molecule has 1 aliphatic heterocycles. The van der Waals surface area contributed by atoms with Crippen LogP contribution in [-0.2, 0) is 6.18 Å². The van der Waals surface area contributed by atoms with E-state index < -0.39 is 11.7 Å². The van der Waals surface area contributed by atoms with Crippen molar-refractivity contribution in [3.8, 4) is 11.1 Å². The molecule has 0 bridgehead atoms. The number of benzene rings is 2. The van der Waals surface area contributed by atoms with Crippen LogP contribution in [0.2, 0.25) is 0 Å². The summed E-state index contributed by atoms with van der Waals surface area (Å²) in [6, 6.07) is 12.6. The van der Waals surface area contributed by atoms with Crippen LogP contribution in [0.3, 0.4) is 0 Å². The van der Waals surface area contributed by atoms with E-state index in [0.717, 1.165) is 53.2 Å². The molecule has 0 fully saturated rings. The Kier molecular flexibility index (Phi) is 3.33. The van der Waals surface area contributed by atoms with Crippen LogP contribution in [0, 0.1) is 0 Å². The van der Waals surface area contributed by atoms with Crippen LogP contribution in [0.4, 0.5) is 13.2 Å². The molecule has 6 heteroatoms. The van der Waals surface area contributed by atoms with Crippen LogP contribution in [0.25, 0.3) is 22.1 Å². The van der Waals surface area contributed by atoms with Crippen molar-refractivity contribution >= 4 is 16.8 Å². The van der Waals surface area contributed by atoms with E-state index in [4.69, 9.17) is 4.42 Å². The van der Waals surface area contributed by atoms with Crippen molar-refractivity contribution in [1.82, 2.24) is 5.32 Å². The summed E-state index contributed by atoms with van der Waals surface area (Å²) in [7, 11) is 0. The van der Waals surface area contributed by atoms with Crippen molar-refractivity contribution in [2.75, 3.05) is 13.1 Å². The molecule has 3 nitrogen and oxygen atoms in total. The number of amidine groups is 1. The average molecular weight is 330 g/mol. The number of nitrogens with one attached hydrogen (secondary N) is 1. The lowest BCUT2D eigenvalue weighted by atomic mass is 10.0. The van der Waals surface area contributed by atoms with E-state index in [1.807, 2.05) is 24.3 Å². The highest BCUT2D eigenvalue weighted by molar-refractivity contribution is 6.01. The number of alkyl halides is 3. The van der Waals surface area contributed by atoms with Gasteiger partial charge in [-0.3, -0.25) is 4.99 Å². The maximum atomic E-state index is 12.7. The second-order valence-electron chi connectivity index (χ2n) is 5.60. The molecule has 0 saturated heterocycles. The number of hydrogen-bond acceptors (Lipinski definition) is 3. The van der Waals surface area contributed by atoms with Gasteiger partial charge in [-0.2, -0.15) is 13.2 Å². The molecule has 122 valence electrons. The Balaban J connectivity index is 1.69. The molecule has 3 aromatic rings. The van der Waals surface area contributed by atoms with Gasteiger partial charge in [-0.25, -0.2) is 0 Å². The first-order valence-electron chi connectivity index (χ1n) is 7.51. The predicted octanol–water partition coefficient (Wildman–Crippen LogP) is 4.47. The van der Waals surface area contributed by atoms with Crippen molar-refractivity contribution in [3.63, 3.8) is 0 Å². The first-order valence-corrected chi connectivity index (χ1v) is 7.51. The number of rotatable bonds is 2. The van der Waals surface area contributed by atoms with Crippen LogP contribution >= 0.6 is 0 Å². The molecule has 0 unspecified atom stereocenters. The standard InChI is InChI=1S/C18H13F3N2O/c19-18(20,21)14-4-1-11(2-5-14)12-3-6-15-13(9-12)10-16(24-15)17-22-7-8-23-17/h1-6,9-10H,7-8H2,(H,22,23). The van der Waals surface area contributed by atoms with Gasteiger partial charge in [0.1, 0.15) is 5.58 Å². The quantitative estimate of drug-likeness (QED) is 0.753. The van der Waals surface area contributed by atoms with Crippen LogP contribution in [0.15, 0.2) is 57.9 Å². The highest BCUT2D eigenvalue weighted by atomic mass is 19.4. The number of hydrogen-bond donors (Lipinski definition) is 1. The lowest BCUT2D eigenvalue weighted by molar-refractivity contribution is -0.137. The van der Waals surface area contributed by atoms with Crippen LogP contribution in [0.5, 0.6) is 0 Å². The molecule has 1 aromatic heterocycles. The van der Waals surface area contributed by atoms with Gasteiger partial charge in [-0.1, -0.05) is 18.2 Å². The molecular weight excluding hydrogens is 317 g/mol. The van der Waals surface area contributed by atoms with E-state index in [1.54, 1.807) is 0 Å². The maximum absolute atomic E-state index is 12.7. The molecule has 4 rings (SSSR count). The highest BCUT2D eigenvalue weighted by Crippen LogP contribution is 2.32. The number of furan rings is 1.